The third kappa shape index (κ3) is 31.9. The van der Waals surface area contributed by atoms with E-state index in [4.69, 9.17) is 33.9 Å². The van der Waals surface area contributed by atoms with Gasteiger partial charge in [-0.15, -0.1) is 0 Å². The molecule has 0 heterocycles. The molecular formula is C42H66BrN5O16. The predicted octanol–water partition coefficient (Wildman–Crippen LogP) is 1.78. The monoisotopic (exact) mass is 975 g/mol. The van der Waals surface area contributed by atoms with Crippen molar-refractivity contribution in [1.29, 1.82) is 0 Å². The Labute approximate surface area is 381 Å². The number of carboxylic acids is 3. The highest BCUT2D eigenvalue weighted by Crippen LogP contribution is 2.14. The molecule has 0 aliphatic carbocycles. The summed E-state index contributed by atoms with van der Waals surface area (Å²) in [7, 11) is 0. The van der Waals surface area contributed by atoms with Gasteiger partial charge in [-0.25, -0.2) is 14.4 Å². The molecule has 8 N–H and O–H groups in total. The van der Waals surface area contributed by atoms with Crippen LogP contribution < -0.4 is 31.3 Å². The van der Waals surface area contributed by atoms with Crippen LogP contribution in [0.1, 0.15) is 93.8 Å². The van der Waals surface area contributed by atoms with Crippen LogP contribution in [0.3, 0.4) is 0 Å². The molecule has 0 aliphatic rings. The zero-order valence-electron chi connectivity index (χ0n) is 36.4. The largest absolute Gasteiger partial charge is 0.494 e. The highest BCUT2D eigenvalue weighted by Gasteiger charge is 2.21. The maximum absolute atomic E-state index is 12.3. The summed E-state index contributed by atoms with van der Waals surface area (Å²) in [5.74, 6) is -4.54. The molecule has 0 aromatic heterocycles. The number of benzene rings is 1. The van der Waals surface area contributed by atoms with Crippen molar-refractivity contribution >= 4 is 63.4 Å². The Bertz CT molecular complexity index is 1540. The Morgan fingerprint density at radius 2 is 0.984 bits per heavy atom. The van der Waals surface area contributed by atoms with Gasteiger partial charge in [0, 0.05) is 32.5 Å². The van der Waals surface area contributed by atoms with Crippen LogP contribution in [0, 0.1) is 0 Å². The van der Waals surface area contributed by atoms with Gasteiger partial charge < -0.3 is 65.6 Å². The fraction of sp³-hybridized carbons (Fsp3) is 0.667. The van der Waals surface area contributed by atoms with Crippen molar-refractivity contribution in [3.8, 4) is 5.75 Å². The molecule has 0 aliphatic heterocycles. The normalized spacial score (nSPS) is 11.8. The molecule has 22 heteroatoms. The first-order chi connectivity index (χ1) is 30.8. The van der Waals surface area contributed by atoms with Crippen LogP contribution >= 0.6 is 15.9 Å². The third-order valence-electron chi connectivity index (χ3n) is 9.06. The smallest absolute Gasteiger partial charge is 0.335 e. The van der Waals surface area contributed by atoms with E-state index in [0.29, 0.717) is 38.2 Å². The molecule has 1 aromatic carbocycles. The molecule has 0 saturated carbocycles. The minimum absolute atomic E-state index is 0.0124. The molecule has 0 fully saturated rings. The lowest BCUT2D eigenvalue weighted by molar-refractivity contribution is -0.142. The van der Waals surface area contributed by atoms with Crippen LogP contribution in [-0.4, -0.2) is 159 Å². The minimum atomic E-state index is -1.22. The first-order valence-electron chi connectivity index (χ1n) is 21.5. The average molecular weight is 977 g/mol. The van der Waals surface area contributed by atoms with Gasteiger partial charge >= 0.3 is 17.9 Å². The van der Waals surface area contributed by atoms with E-state index in [-0.39, 0.29) is 126 Å². The Hall–Kier alpha value is -4.90. The fourth-order valence-electron chi connectivity index (χ4n) is 5.63. The van der Waals surface area contributed by atoms with Gasteiger partial charge in [0.1, 0.15) is 31.0 Å². The number of hydrogen-bond acceptors (Lipinski definition) is 13. The fourth-order valence-corrected chi connectivity index (χ4v) is 5.79. The van der Waals surface area contributed by atoms with Crippen molar-refractivity contribution in [2.24, 2.45) is 0 Å². The lowest BCUT2D eigenvalue weighted by atomic mass is 10.1. The Balaban J connectivity index is 1.94. The third-order valence-corrected chi connectivity index (χ3v) is 9.56. The van der Waals surface area contributed by atoms with Gasteiger partial charge in [0.25, 0.3) is 0 Å². The van der Waals surface area contributed by atoms with E-state index in [0.717, 1.165) is 38.5 Å². The number of halogens is 1. The highest BCUT2D eigenvalue weighted by atomic mass is 79.9. The molecule has 1 aromatic rings. The van der Waals surface area contributed by atoms with Gasteiger partial charge in [-0.3, -0.25) is 24.0 Å². The summed E-state index contributed by atoms with van der Waals surface area (Å²) >= 11 is 2.97. The number of aromatic carboxylic acids is 1. The van der Waals surface area contributed by atoms with Crippen molar-refractivity contribution in [1.82, 2.24) is 26.6 Å². The molecule has 21 nitrogen and oxygen atoms in total. The summed E-state index contributed by atoms with van der Waals surface area (Å²) in [6, 6.07) is 4.12. The summed E-state index contributed by atoms with van der Waals surface area (Å²) < 4.78 is 26.9. The van der Waals surface area contributed by atoms with Crippen LogP contribution in [0.2, 0.25) is 0 Å². The summed E-state index contributed by atoms with van der Waals surface area (Å²) in [5.41, 5.74) is 0.210. The predicted molar refractivity (Wildman–Crippen MR) is 234 cm³/mol. The molecule has 5 amide bonds. The van der Waals surface area contributed by atoms with Crippen molar-refractivity contribution < 1.29 is 77.4 Å². The number of amides is 5. The van der Waals surface area contributed by atoms with E-state index >= 15 is 0 Å². The van der Waals surface area contributed by atoms with E-state index in [2.05, 4.69) is 42.5 Å². The van der Waals surface area contributed by atoms with Gasteiger partial charge in [-0.2, -0.15) is 0 Å². The van der Waals surface area contributed by atoms with E-state index in [1.807, 2.05) is 0 Å². The number of alkyl halides is 1. The first-order valence-corrected chi connectivity index (χ1v) is 22.6. The Kier molecular flexibility index (Phi) is 33.4. The second kappa shape index (κ2) is 37.5. The maximum atomic E-state index is 12.3. The number of aliphatic carboxylic acids is 2. The lowest BCUT2D eigenvalue weighted by Gasteiger charge is -2.14. The molecule has 0 bridgehead atoms. The molecule has 64 heavy (non-hydrogen) atoms. The summed E-state index contributed by atoms with van der Waals surface area (Å²) in [6.45, 7) is 2.00. The molecule has 0 radical (unpaired) electrons. The van der Waals surface area contributed by atoms with Crippen molar-refractivity contribution in [3.63, 3.8) is 0 Å². The number of carbonyl (C=O) groups excluding carboxylic acids is 5. The SMILES string of the molecule is O=C(CC[C@H](NC(=O)CCCCCCCCCOc1ccc(C(=O)O)cc1)C(=O)O)NCCOCCOCC(=O)NCCOCCOCC(=O)NCCCC[C@H](NC(=O)CBr)C(=O)O. The van der Waals surface area contributed by atoms with Crippen LogP contribution in [-0.2, 0) is 52.5 Å². The summed E-state index contributed by atoms with van der Waals surface area (Å²) in [4.78, 5) is 93.4. The van der Waals surface area contributed by atoms with Crippen molar-refractivity contribution in [3.05, 3.63) is 29.8 Å². The van der Waals surface area contributed by atoms with Gasteiger partial charge in [-0.1, -0.05) is 48.0 Å². The molecule has 0 saturated heterocycles. The van der Waals surface area contributed by atoms with Crippen LogP contribution in [0.4, 0.5) is 0 Å². The topological polar surface area (TPSA) is 304 Å². The Morgan fingerprint density at radius 1 is 0.484 bits per heavy atom. The van der Waals surface area contributed by atoms with Crippen LogP contribution in [0.5, 0.6) is 5.75 Å². The zero-order chi connectivity index (χ0) is 47.2. The maximum Gasteiger partial charge on any atom is 0.335 e. The molecule has 0 spiro atoms. The van der Waals surface area contributed by atoms with Gasteiger partial charge in [0.05, 0.1) is 57.1 Å². The number of hydrogen-bond donors (Lipinski definition) is 8. The molecule has 2 atom stereocenters. The van der Waals surface area contributed by atoms with Crippen molar-refractivity contribution in [2.45, 2.75) is 95.6 Å². The Morgan fingerprint density at radius 3 is 1.55 bits per heavy atom. The number of ether oxygens (including phenoxy) is 5. The number of unbranched alkanes of at least 4 members (excludes halogenated alkanes) is 7. The summed E-state index contributed by atoms with van der Waals surface area (Å²) in [5, 5.41) is 40.4. The molecule has 1 rings (SSSR count). The van der Waals surface area contributed by atoms with E-state index in [1.165, 1.54) is 12.1 Å². The van der Waals surface area contributed by atoms with E-state index in [1.54, 1.807) is 12.1 Å². The van der Waals surface area contributed by atoms with Crippen LogP contribution in [0.25, 0.3) is 0 Å². The number of carboxylic acid groups (broad SMARTS) is 3. The molecular weight excluding hydrogens is 910 g/mol. The number of nitrogens with one attached hydrogen (secondary N) is 5. The second-order valence-corrected chi connectivity index (χ2v) is 14.9. The van der Waals surface area contributed by atoms with Gasteiger partial charge in [-0.05, 0) is 62.8 Å². The number of rotatable bonds is 41. The summed E-state index contributed by atoms with van der Waals surface area (Å²) in [6.07, 6.45) is 7.58. The van der Waals surface area contributed by atoms with E-state index in [9.17, 15) is 43.5 Å². The zero-order valence-corrected chi connectivity index (χ0v) is 38.0. The standard InChI is InChI=1S/C42H66BrN5O16/c43-28-37(51)48-33(41(56)57)10-7-8-18-44-38(52)29-62-26-25-61-23-20-46-39(53)30-63-27-24-60-22-19-45-35(49)17-16-34(42(58)59)47-36(50)11-6-4-2-1-3-5-9-21-64-32-14-12-31(13-15-32)40(54)55/h12-15,33-34H,1-11,16-30H2,(H,44,52)(H,45,49)(H,46,53)(H,47,50)(H,48,51)(H,54,55)(H,56,57)(H,58,59)/t33-,34-/m0/s1. The second-order valence-electron chi connectivity index (χ2n) is 14.4. The average Bonchev–Trinajstić information content (AvgIpc) is 3.26. The van der Waals surface area contributed by atoms with Gasteiger partial charge in [0.2, 0.25) is 29.5 Å². The van der Waals surface area contributed by atoms with Crippen molar-refractivity contribution in [2.75, 3.05) is 84.4 Å². The quantitative estimate of drug-likeness (QED) is 0.0343. The lowest BCUT2D eigenvalue weighted by Crippen LogP contribution is -2.41. The molecule has 0 unspecified atom stereocenters. The molecule has 362 valence electrons. The van der Waals surface area contributed by atoms with Crippen LogP contribution in [0.15, 0.2) is 24.3 Å². The number of carbonyl (C=O) groups is 8. The highest BCUT2D eigenvalue weighted by molar-refractivity contribution is 9.09. The first kappa shape index (κ1) is 57.1. The van der Waals surface area contributed by atoms with E-state index < -0.39 is 35.9 Å². The minimum Gasteiger partial charge on any atom is -0.494 e. The van der Waals surface area contributed by atoms with Gasteiger partial charge in [0.15, 0.2) is 0 Å².